The largest absolute Gasteiger partial charge is 0.338 e. The maximum atomic E-state index is 13.2. The number of amides is 1. The lowest BCUT2D eigenvalue weighted by Gasteiger charge is -2.24. The molecule has 0 unspecified atom stereocenters. The Labute approximate surface area is 130 Å². The number of hydrogen-bond acceptors (Lipinski definition) is 3. The third kappa shape index (κ3) is 5.32. The normalized spacial score (nSPS) is 15.9. The molecule has 1 aliphatic heterocycles. The van der Waals surface area contributed by atoms with E-state index >= 15 is 0 Å². The van der Waals surface area contributed by atoms with Crippen molar-refractivity contribution in [3.63, 3.8) is 0 Å². The Morgan fingerprint density at radius 2 is 2.19 bits per heavy atom. The van der Waals surface area contributed by atoms with E-state index in [4.69, 9.17) is 0 Å². The quantitative estimate of drug-likeness (QED) is 0.877. The van der Waals surface area contributed by atoms with Crippen molar-refractivity contribution in [3.8, 4) is 0 Å². The fourth-order valence-electron chi connectivity index (χ4n) is 2.47. The zero-order chi connectivity index (χ0) is 15.1. The van der Waals surface area contributed by atoms with Crippen LogP contribution in [0.15, 0.2) is 24.3 Å². The Hall–Kier alpha value is -1.07. The molecule has 1 aromatic carbocycles. The summed E-state index contributed by atoms with van der Waals surface area (Å²) in [4.78, 5) is 14.1. The van der Waals surface area contributed by atoms with Gasteiger partial charge in [-0.15, -0.1) is 11.8 Å². The summed E-state index contributed by atoms with van der Waals surface area (Å²) >= 11 is 1.76. The smallest absolute Gasteiger partial charge is 0.232 e. The Morgan fingerprint density at radius 1 is 1.43 bits per heavy atom. The third-order valence-electron chi connectivity index (χ3n) is 3.73. The second-order valence-corrected chi connectivity index (χ2v) is 6.59. The predicted molar refractivity (Wildman–Crippen MR) is 85.8 cm³/mol. The van der Waals surface area contributed by atoms with E-state index < -0.39 is 0 Å². The number of nitrogens with one attached hydrogen (secondary N) is 1. The molecule has 0 spiro atoms. The first-order chi connectivity index (χ1) is 10.2. The highest BCUT2D eigenvalue weighted by Crippen LogP contribution is 2.20. The molecule has 116 valence electrons. The fourth-order valence-corrected chi connectivity index (χ4v) is 3.60. The van der Waals surface area contributed by atoms with E-state index in [2.05, 4.69) is 5.32 Å². The maximum Gasteiger partial charge on any atom is 0.232 e. The number of nitrogens with zero attached hydrogens (tertiary/aromatic N) is 1. The van der Waals surface area contributed by atoms with E-state index in [1.54, 1.807) is 22.7 Å². The van der Waals surface area contributed by atoms with E-state index in [-0.39, 0.29) is 11.7 Å². The molecule has 1 aromatic rings. The monoisotopic (exact) mass is 310 g/mol. The van der Waals surface area contributed by atoms with Crippen molar-refractivity contribution < 1.29 is 9.18 Å². The summed E-state index contributed by atoms with van der Waals surface area (Å²) in [6.07, 6.45) is 2.27. The summed E-state index contributed by atoms with van der Waals surface area (Å²) in [5.74, 6) is 0.416. The summed E-state index contributed by atoms with van der Waals surface area (Å²) in [5, 5.41) is 3.92. The summed E-state index contributed by atoms with van der Waals surface area (Å²) < 4.78 is 13.2. The van der Waals surface area contributed by atoms with Crippen LogP contribution >= 0.6 is 11.8 Å². The van der Waals surface area contributed by atoms with Crippen LogP contribution in [0.4, 0.5) is 4.39 Å². The van der Waals surface area contributed by atoms with Crippen molar-refractivity contribution in [2.45, 2.75) is 31.6 Å². The number of thioether (sulfide) groups is 1. The van der Waals surface area contributed by atoms with Gasteiger partial charge < -0.3 is 10.2 Å². The number of hydrogen-bond donors (Lipinski definition) is 1. The zero-order valence-corrected chi connectivity index (χ0v) is 13.3. The molecule has 0 aliphatic carbocycles. The predicted octanol–water partition coefficient (Wildman–Crippen LogP) is 2.66. The van der Waals surface area contributed by atoms with Gasteiger partial charge in [0.15, 0.2) is 0 Å². The summed E-state index contributed by atoms with van der Waals surface area (Å²) in [6, 6.07) is 6.47. The molecule has 0 atom stereocenters. The lowest BCUT2D eigenvalue weighted by molar-refractivity contribution is -0.128. The highest BCUT2D eigenvalue weighted by Gasteiger charge is 2.18. The molecule has 0 aromatic heterocycles. The van der Waals surface area contributed by atoms with E-state index in [9.17, 15) is 9.18 Å². The van der Waals surface area contributed by atoms with Gasteiger partial charge in [0.2, 0.25) is 5.91 Å². The van der Waals surface area contributed by atoms with Gasteiger partial charge in [-0.1, -0.05) is 12.1 Å². The van der Waals surface area contributed by atoms with Crippen molar-refractivity contribution in [2.24, 2.45) is 0 Å². The average molecular weight is 310 g/mol. The van der Waals surface area contributed by atoms with Crippen LogP contribution in [0.2, 0.25) is 0 Å². The van der Waals surface area contributed by atoms with Crippen molar-refractivity contribution in [2.75, 3.05) is 25.4 Å². The van der Waals surface area contributed by atoms with Crippen LogP contribution in [0.1, 0.15) is 25.3 Å². The summed E-state index contributed by atoms with van der Waals surface area (Å²) in [5.41, 5.74) is 0.845. The summed E-state index contributed by atoms with van der Waals surface area (Å²) in [7, 11) is 0. The molecule has 21 heavy (non-hydrogen) atoms. The van der Waals surface area contributed by atoms with Gasteiger partial charge in [0.25, 0.3) is 0 Å². The van der Waals surface area contributed by atoms with E-state index in [1.165, 1.54) is 12.1 Å². The van der Waals surface area contributed by atoms with Crippen LogP contribution < -0.4 is 5.32 Å². The van der Waals surface area contributed by atoms with Gasteiger partial charge in [0.1, 0.15) is 5.82 Å². The van der Waals surface area contributed by atoms with Crippen molar-refractivity contribution in [1.82, 2.24) is 10.2 Å². The minimum absolute atomic E-state index is 0.144. The van der Waals surface area contributed by atoms with Crippen LogP contribution in [-0.4, -0.2) is 41.4 Å². The third-order valence-corrected chi connectivity index (χ3v) is 5.08. The Bertz CT molecular complexity index is 463. The van der Waals surface area contributed by atoms with Gasteiger partial charge in [0, 0.05) is 18.3 Å². The van der Waals surface area contributed by atoms with Gasteiger partial charge in [-0.25, -0.2) is 4.39 Å². The van der Waals surface area contributed by atoms with E-state index in [0.717, 1.165) is 31.5 Å². The van der Waals surface area contributed by atoms with Crippen molar-refractivity contribution >= 4 is 17.7 Å². The van der Waals surface area contributed by atoms with Crippen molar-refractivity contribution in [3.05, 3.63) is 35.6 Å². The molecule has 1 aliphatic rings. The molecule has 5 heteroatoms. The molecule has 0 radical (unpaired) electrons. The number of carbonyl (C=O) groups is 1. The fraction of sp³-hybridized carbons (Fsp3) is 0.562. The highest BCUT2D eigenvalue weighted by molar-refractivity contribution is 8.00. The Balaban J connectivity index is 1.83. The van der Waals surface area contributed by atoms with Crippen LogP contribution in [0, 0.1) is 5.82 Å². The minimum atomic E-state index is -0.250. The Kier molecular flexibility index (Phi) is 6.51. The first kappa shape index (κ1) is 16.3. The number of piperidine rings is 1. The molecule has 0 bridgehead atoms. The van der Waals surface area contributed by atoms with Crippen LogP contribution in [0.25, 0.3) is 0 Å². The first-order valence-corrected chi connectivity index (χ1v) is 8.58. The molecule has 1 amide bonds. The zero-order valence-electron chi connectivity index (χ0n) is 12.5. The molecule has 1 N–H and O–H groups in total. The van der Waals surface area contributed by atoms with Gasteiger partial charge in [-0.3, -0.25) is 4.79 Å². The maximum absolute atomic E-state index is 13.2. The lowest BCUT2D eigenvalue weighted by Crippen LogP contribution is -2.34. The van der Waals surface area contributed by atoms with Crippen LogP contribution in [-0.2, 0) is 11.3 Å². The van der Waals surface area contributed by atoms with E-state index in [0.29, 0.717) is 24.1 Å². The highest BCUT2D eigenvalue weighted by atomic mass is 32.2. The molecular formula is C16H23FN2OS. The molecule has 3 nitrogen and oxygen atoms in total. The second-order valence-electron chi connectivity index (χ2n) is 5.30. The summed E-state index contributed by atoms with van der Waals surface area (Å²) in [6.45, 7) is 5.20. The average Bonchev–Trinajstić information content (AvgIpc) is 2.51. The Morgan fingerprint density at radius 3 is 2.86 bits per heavy atom. The van der Waals surface area contributed by atoms with Gasteiger partial charge in [-0.2, -0.15) is 0 Å². The van der Waals surface area contributed by atoms with Gasteiger partial charge in [-0.05, 0) is 50.6 Å². The van der Waals surface area contributed by atoms with Crippen LogP contribution in [0.5, 0.6) is 0 Å². The first-order valence-electron chi connectivity index (χ1n) is 7.53. The number of carbonyl (C=O) groups excluding carboxylic acids is 1. The topological polar surface area (TPSA) is 32.3 Å². The molecular weight excluding hydrogens is 287 g/mol. The second kappa shape index (κ2) is 8.39. The molecule has 1 saturated heterocycles. The van der Waals surface area contributed by atoms with Crippen molar-refractivity contribution in [1.29, 1.82) is 0 Å². The minimum Gasteiger partial charge on any atom is -0.338 e. The molecule has 1 heterocycles. The van der Waals surface area contributed by atoms with E-state index in [1.807, 2.05) is 13.0 Å². The lowest BCUT2D eigenvalue weighted by atomic mass is 10.2. The van der Waals surface area contributed by atoms with Crippen LogP contribution in [0.3, 0.4) is 0 Å². The standard InChI is InChI=1S/C16H23FN2OS/c1-2-19(11-13-4-3-5-14(17)10-13)16(20)12-21-15-6-8-18-9-7-15/h3-5,10,15,18H,2,6-9,11-12H2,1H3. The molecule has 0 saturated carbocycles. The number of rotatable bonds is 6. The van der Waals surface area contributed by atoms with Gasteiger partial charge in [0.05, 0.1) is 5.75 Å². The number of benzene rings is 1. The van der Waals surface area contributed by atoms with Gasteiger partial charge >= 0.3 is 0 Å². The number of halogens is 1. The molecule has 1 fully saturated rings. The molecule has 2 rings (SSSR count). The SMILES string of the molecule is CCN(Cc1cccc(F)c1)C(=O)CSC1CCNCC1.